The van der Waals surface area contributed by atoms with Crippen LogP contribution in [0, 0.1) is 5.82 Å². The summed E-state index contributed by atoms with van der Waals surface area (Å²) in [5.74, 6) is 1.37. The van der Waals surface area contributed by atoms with Gasteiger partial charge in [-0.2, -0.15) is 0 Å². The molecule has 0 aliphatic carbocycles. The molecule has 1 heterocycles. The van der Waals surface area contributed by atoms with Gasteiger partial charge >= 0.3 is 0 Å². The van der Waals surface area contributed by atoms with E-state index in [0.717, 1.165) is 17.1 Å². The van der Waals surface area contributed by atoms with Crippen molar-refractivity contribution >= 4 is 0 Å². The van der Waals surface area contributed by atoms with Gasteiger partial charge in [0.05, 0.1) is 5.54 Å². The average molecular weight is 233 g/mol. The SMILES string of the molecule is CNC(C)(C)c1ccc(-c2ccc(F)cc2)o1. The zero-order chi connectivity index (χ0) is 12.5. The molecule has 1 N–H and O–H groups in total. The van der Waals surface area contributed by atoms with Crippen molar-refractivity contribution in [1.29, 1.82) is 0 Å². The van der Waals surface area contributed by atoms with E-state index in [4.69, 9.17) is 4.42 Å². The molecule has 0 fully saturated rings. The first-order chi connectivity index (χ1) is 8.03. The Kier molecular flexibility index (Phi) is 3.03. The van der Waals surface area contributed by atoms with E-state index in [1.165, 1.54) is 12.1 Å². The van der Waals surface area contributed by atoms with Gasteiger partial charge < -0.3 is 9.73 Å². The van der Waals surface area contributed by atoms with Crippen LogP contribution in [-0.4, -0.2) is 7.05 Å². The lowest BCUT2D eigenvalue weighted by Gasteiger charge is -2.20. The van der Waals surface area contributed by atoms with E-state index in [9.17, 15) is 4.39 Å². The molecule has 1 aromatic carbocycles. The minimum absolute atomic E-state index is 0.210. The van der Waals surface area contributed by atoms with Crippen molar-refractivity contribution in [3.05, 3.63) is 48.0 Å². The molecular formula is C14H16FNO. The first-order valence-electron chi connectivity index (χ1n) is 5.58. The summed E-state index contributed by atoms with van der Waals surface area (Å²) in [4.78, 5) is 0. The standard InChI is InChI=1S/C14H16FNO/c1-14(2,16-3)13-9-8-12(17-13)10-4-6-11(15)7-5-10/h4-9,16H,1-3H3. The number of furan rings is 1. The molecule has 0 aliphatic rings. The maximum Gasteiger partial charge on any atom is 0.134 e. The summed E-state index contributed by atoms with van der Waals surface area (Å²) < 4.78 is 18.6. The van der Waals surface area contributed by atoms with E-state index >= 15 is 0 Å². The molecule has 2 nitrogen and oxygen atoms in total. The zero-order valence-corrected chi connectivity index (χ0v) is 10.3. The van der Waals surface area contributed by atoms with E-state index in [1.54, 1.807) is 12.1 Å². The van der Waals surface area contributed by atoms with Crippen molar-refractivity contribution in [2.24, 2.45) is 0 Å². The number of benzene rings is 1. The Morgan fingerprint density at radius 2 is 1.71 bits per heavy atom. The zero-order valence-electron chi connectivity index (χ0n) is 10.3. The third-order valence-electron chi connectivity index (χ3n) is 2.98. The maximum atomic E-state index is 12.8. The minimum Gasteiger partial charge on any atom is -0.459 e. The Bertz CT molecular complexity index is 499. The van der Waals surface area contributed by atoms with E-state index in [-0.39, 0.29) is 11.4 Å². The van der Waals surface area contributed by atoms with Gasteiger partial charge in [0.2, 0.25) is 0 Å². The first-order valence-corrected chi connectivity index (χ1v) is 5.58. The molecule has 0 atom stereocenters. The number of rotatable bonds is 3. The van der Waals surface area contributed by atoms with Crippen LogP contribution >= 0.6 is 0 Å². The quantitative estimate of drug-likeness (QED) is 0.877. The van der Waals surface area contributed by atoms with Crippen LogP contribution in [-0.2, 0) is 5.54 Å². The third-order valence-corrected chi connectivity index (χ3v) is 2.98. The maximum absolute atomic E-state index is 12.8. The summed E-state index contributed by atoms with van der Waals surface area (Å²) >= 11 is 0. The lowest BCUT2D eigenvalue weighted by Crippen LogP contribution is -2.32. The highest BCUT2D eigenvalue weighted by Crippen LogP contribution is 2.28. The van der Waals surface area contributed by atoms with Crippen LogP contribution < -0.4 is 5.32 Å². The molecule has 0 saturated carbocycles. The highest BCUT2D eigenvalue weighted by Gasteiger charge is 2.22. The minimum atomic E-state index is -0.240. The topological polar surface area (TPSA) is 25.2 Å². The molecule has 0 aliphatic heterocycles. The molecule has 0 amide bonds. The van der Waals surface area contributed by atoms with Gasteiger partial charge in [0.15, 0.2) is 0 Å². The predicted molar refractivity (Wildman–Crippen MR) is 66.2 cm³/mol. The summed E-state index contributed by atoms with van der Waals surface area (Å²) in [5, 5.41) is 3.18. The number of hydrogen-bond acceptors (Lipinski definition) is 2. The second-order valence-electron chi connectivity index (χ2n) is 4.55. The molecule has 0 unspecified atom stereocenters. The highest BCUT2D eigenvalue weighted by atomic mass is 19.1. The largest absolute Gasteiger partial charge is 0.459 e. The molecule has 0 bridgehead atoms. The Morgan fingerprint density at radius 3 is 2.29 bits per heavy atom. The molecule has 90 valence electrons. The second-order valence-corrected chi connectivity index (χ2v) is 4.55. The Labute approximate surface area is 100 Å². The molecule has 0 saturated heterocycles. The summed E-state index contributed by atoms with van der Waals surface area (Å²) in [5.41, 5.74) is 0.669. The van der Waals surface area contributed by atoms with Crippen molar-refractivity contribution in [2.75, 3.05) is 7.05 Å². The molecule has 2 aromatic rings. The fourth-order valence-electron chi connectivity index (χ4n) is 1.57. The van der Waals surface area contributed by atoms with Crippen molar-refractivity contribution in [1.82, 2.24) is 5.32 Å². The van der Waals surface area contributed by atoms with Crippen LogP contribution in [0.5, 0.6) is 0 Å². The summed E-state index contributed by atoms with van der Waals surface area (Å²) in [6.45, 7) is 4.08. The van der Waals surface area contributed by atoms with Gasteiger partial charge in [-0.25, -0.2) is 4.39 Å². The van der Waals surface area contributed by atoms with Crippen LogP contribution in [0.4, 0.5) is 4.39 Å². The Hall–Kier alpha value is -1.61. The smallest absolute Gasteiger partial charge is 0.134 e. The second kappa shape index (κ2) is 4.34. The molecule has 1 aromatic heterocycles. The van der Waals surface area contributed by atoms with Crippen molar-refractivity contribution in [2.45, 2.75) is 19.4 Å². The first kappa shape index (κ1) is 11.9. The summed E-state index contributed by atoms with van der Waals surface area (Å²) in [6, 6.07) is 10.1. The van der Waals surface area contributed by atoms with Gasteiger partial charge in [0, 0.05) is 5.56 Å². The summed E-state index contributed by atoms with van der Waals surface area (Å²) in [7, 11) is 1.89. The van der Waals surface area contributed by atoms with Crippen LogP contribution in [0.15, 0.2) is 40.8 Å². The fourth-order valence-corrected chi connectivity index (χ4v) is 1.57. The average Bonchev–Trinajstić information content (AvgIpc) is 2.80. The van der Waals surface area contributed by atoms with Gasteiger partial charge in [0.25, 0.3) is 0 Å². The van der Waals surface area contributed by atoms with Crippen LogP contribution in [0.1, 0.15) is 19.6 Å². The lowest BCUT2D eigenvalue weighted by molar-refractivity contribution is 0.346. The molecule has 17 heavy (non-hydrogen) atoms. The van der Waals surface area contributed by atoms with E-state index < -0.39 is 0 Å². The molecular weight excluding hydrogens is 217 g/mol. The van der Waals surface area contributed by atoms with Crippen molar-refractivity contribution < 1.29 is 8.81 Å². The molecule has 3 heteroatoms. The van der Waals surface area contributed by atoms with Gasteiger partial charge in [-0.1, -0.05) is 0 Å². The van der Waals surface area contributed by atoms with Gasteiger partial charge in [0.1, 0.15) is 17.3 Å². The van der Waals surface area contributed by atoms with Crippen LogP contribution in [0.25, 0.3) is 11.3 Å². The number of nitrogens with one attached hydrogen (secondary N) is 1. The Morgan fingerprint density at radius 1 is 1.06 bits per heavy atom. The van der Waals surface area contributed by atoms with E-state index in [0.29, 0.717) is 0 Å². The fraction of sp³-hybridized carbons (Fsp3) is 0.286. The summed E-state index contributed by atoms with van der Waals surface area (Å²) in [6.07, 6.45) is 0. The normalized spacial score (nSPS) is 11.8. The van der Waals surface area contributed by atoms with E-state index in [2.05, 4.69) is 5.32 Å². The van der Waals surface area contributed by atoms with Gasteiger partial charge in [-0.05, 0) is 57.3 Å². The molecule has 0 radical (unpaired) electrons. The third kappa shape index (κ3) is 2.39. The predicted octanol–water partition coefficient (Wildman–Crippen LogP) is 3.54. The number of halogens is 1. The van der Waals surface area contributed by atoms with Crippen LogP contribution in [0.2, 0.25) is 0 Å². The van der Waals surface area contributed by atoms with Crippen LogP contribution in [0.3, 0.4) is 0 Å². The molecule has 0 spiro atoms. The molecule has 2 rings (SSSR count). The highest BCUT2D eigenvalue weighted by molar-refractivity contribution is 5.57. The monoisotopic (exact) mass is 233 g/mol. The lowest BCUT2D eigenvalue weighted by atomic mass is 10.0. The van der Waals surface area contributed by atoms with Gasteiger partial charge in [-0.15, -0.1) is 0 Å². The van der Waals surface area contributed by atoms with Gasteiger partial charge in [-0.3, -0.25) is 0 Å². The number of hydrogen-bond donors (Lipinski definition) is 1. The van der Waals surface area contributed by atoms with Crippen molar-refractivity contribution in [3.8, 4) is 11.3 Å². The Balaban J connectivity index is 2.33. The van der Waals surface area contributed by atoms with Crippen molar-refractivity contribution in [3.63, 3.8) is 0 Å². The van der Waals surface area contributed by atoms with E-state index in [1.807, 2.05) is 33.0 Å².